The van der Waals surface area contributed by atoms with Gasteiger partial charge in [0.1, 0.15) is 27.5 Å². The quantitative estimate of drug-likeness (QED) is 0.556. The lowest BCUT2D eigenvalue weighted by Crippen LogP contribution is -2.25. The summed E-state index contributed by atoms with van der Waals surface area (Å²) in [5.74, 6) is -1.34. The Balaban J connectivity index is 2.30. The summed E-state index contributed by atoms with van der Waals surface area (Å²) < 4.78 is 35.1. The van der Waals surface area contributed by atoms with E-state index >= 15 is 0 Å². The van der Waals surface area contributed by atoms with Crippen molar-refractivity contribution in [2.75, 3.05) is 7.11 Å². The van der Waals surface area contributed by atoms with Gasteiger partial charge in [0.25, 0.3) is 5.56 Å². The third-order valence-electron chi connectivity index (χ3n) is 4.17. The number of hydrogen-bond donors (Lipinski definition) is 0. The van der Waals surface area contributed by atoms with Gasteiger partial charge in [-0.1, -0.05) is 42.5 Å². The minimum absolute atomic E-state index is 0.0889. The maximum atomic E-state index is 14.3. The molecule has 0 radical (unpaired) electrons. The van der Waals surface area contributed by atoms with Gasteiger partial charge in [0.05, 0.1) is 7.11 Å². The van der Waals surface area contributed by atoms with Gasteiger partial charge >= 0.3 is 0 Å². The van der Waals surface area contributed by atoms with E-state index in [9.17, 15) is 13.6 Å². The zero-order chi connectivity index (χ0) is 19.6. The summed E-state index contributed by atoms with van der Waals surface area (Å²) in [7, 11) is 1.44. The molecular weight excluding hydrogens is 416 g/mol. The van der Waals surface area contributed by atoms with Crippen molar-refractivity contribution < 1.29 is 13.5 Å². The molecule has 0 fully saturated rings. The van der Waals surface area contributed by atoms with Crippen molar-refractivity contribution in [3.63, 3.8) is 0 Å². The molecule has 1 aromatic heterocycles. The molecule has 2 aromatic carbocycles. The molecule has 0 aliphatic rings. The lowest BCUT2D eigenvalue weighted by molar-refractivity contribution is 0.408. The van der Waals surface area contributed by atoms with Gasteiger partial charge in [-0.15, -0.1) is 0 Å². The first kappa shape index (κ1) is 19.0. The number of rotatable bonds is 4. The highest BCUT2D eigenvalue weighted by Gasteiger charge is 2.22. The maximum absolute atomic E-state index is 14.3. The molecule has 0 saturated heterocycles. The van der Waals surface area contributed by atoms with Crippen molar-refractivity contribution in [1.82, 2.24) is 4.57 Å². The van der Waals surface area contributed by atoms with E-state index in [1.165, 1.54) is 13.2 Å². The summed E-state index contributed by atoms with van der Waals surface area (Å²) in [6, 6.07) is 13.0. The molecule has 0 N–H and O–H groups in total. The molecule has 0 bridgehead atoms. The number of para-hydroxylation sites is 1. The van der Waals surface area contributed by atoms with Crippen molar-refractivity contribution >= 4 is 28.1 Å². The lowest BCUT2D eigenvalue weighted by atomic mass is 10.1. The summed E-state index contributed by atoms with van der Waals surface area (Å²) in [5, 5.41) is 0. The summed E-state index contributed by atoms with van der Waals surface area (Å²) in [6.07, 6.45) is 3.59. The highest BCUT2D eigenvalue weighted by atomic mass is 79.9. The van der Waals surface area contributed by atoms with Gasteiger partial charge in [0.2, 0.25) is 0 Å². The maximum Gasteiger partial charge on any atom is 0.273 e. The van der Waals surface area contributed by atoms with Crippen molar-refractivity contribution in [1.29, 1.82) is 0 Å². The molecule has 27 heavy (non-hydrogen) atoms. The summed E-state index contributed by atoms with van der Waals surface area (Å²) >= 11 is 3.21. The zero-order valence-corrected chi connectivity index (χ0v) is 16.3. The Kier molecular flexibility index (Phi) is 5.56. The Morgan fingerprint density at radius 1 is 1.00 bits per heavy atom. The monoisotopic (exact) mass is 431 g/mol. The Labute approximate surface area is 163 Å². The van der Waals surface area contributed by atoms with Gasteiger partial charge in [0.15, 0.2) is 0 Å². The van der Waals surface area contributed by atoms with Crippen LogP contribution in [0.1, 0.15) is 16.8 Å². The minimum Gasteiger partial charge on any atom is -0.495 e. The fraction of sp³-hybridized carbons (Fsp3) is 0.0952. The van der Waals surface area contributed by atoms with Crippen LogP contribution in [0.4, 0.5) is 8.78 Å². The summed E-state index contributed by atoms with van der Waals surface area (Å²) in [5.41, 5.74) is 0.805. The van der Waals surface area contributed by atoms with E-state index < -0.39 is 22.9 Å². The SMILES string of the molecule is COc1c(C=Cc2ccccc2)c(C)n(-c2c(F)cccc2F)c(=O)c1Br. The third kappa shape index (κ3) is 3.57. The van der Waals surface area contributed by atoms with Crippen LogP contribution in [0.2, 0.25) is 0 Å². The molecule has 6 heteroatoms. The topological polar surface area (TPSA) is 31.2 Å². The largest absolute Gasteiger partial charge is 0.495 e. The lowest BCUT2D eigenvalue weighted by Gasteiger charge is -2.18. The fourth-order valence-electron chi connectivity index (χ4n) is 2.86. The Hall–Kier alpha value is -2.73. The van der Waals surface area contributed by atoms with Crippen LogP contribution in [0.25, 0.3) is 17.8 Å². The van der Waals surface area contributed by atoms with Crippen LogP contribution in [0.15, 0.2) is 57.8 Å². The molecule has 3 aromatic rings. The number of nitrogens with zero attached hydrogens (tertiary/aromatic N) is 1. The van der Waals surface area contributed by atoms with Crippen LogP contribution in [0.5, 0.6) is 5.75 Å². The first-order chi connectivity index (χ1) is 13.0. The second-order valence-electron chi connectivity index (χ2n) is 5.80. The van der Waals surface area contributed by atoms with E-state index in [-0.39, 0.29) is 4.47 Å². The second kappa shape index (κ2) is 7.88. The molecule has 1 heterocycles. The molecule has 0 aliphatic heterocycles. The number of ether oxygens (including phenoxy) is 1. The van der Waals surface area contributed by atoms with Crippen LogP contribution in [0, 0.1) is 18.6 Å². The molecule has 3 rings (SSSR count). The van der Waals surface area contributed by atoms with Gasteiger partial charge in [-0.05, 0) is 46.6 Å². The standard InChI is InChI=1S/C21H16BrF2NO2/c1-13-15(12-11-14-7-4-3-5-8-14)20(27-2)18(22)21(26)25(13)19-16(23)9-6-10-17(19)24/h3-12H,1-2H3. The van der Waals surface area contributed by atoms with Crippen molar-refractivity contribution in [3.8, 4) is 11.4 Å². The number of aromatic nitrogens is 1. The van der Waals surface area contributed by atoms with E-state index in [0.717, 1.165) is 22.3 Å². The number of benzene rings is 2. The highest BCUT2D eigenvalue weighted by Crippen LogP contribution is 2.32. The van der Waals surface area contributed by atoms with E-state index in [2.05, 4.69) is 15.9 Å². The fourth-order valence-corrected chi connectivity index (χ4v) is 3.41. The molecule has 0 amide bonds. The molecular formula is C21H16BrF2NO2. The van der Waals surface area contributed by atoms with E-state index in [4.69, 9.17) is 4.74 Å². The molecule has 138 valence electrons. The Morgan fingerprint density at radius 3 is 2.22 bits per heavy atom. The number of pyridine rings is 1. The summed E-state index contributed by atoms with van der Waals surface area (Å²) in [6.45, 7) is 1.62. The number of hydrogen-bond acceptors (Lipinski definition) is 2. The van der Waals surface area contributed by atoms with Gasteiger partial charge in [-0.25, -0.2) is 8.78 Å². The molecule has 3 nitrogen and oxygen atoms in total. The van der Waals surface area contributed by atoms with Crippen LogP contribution >= 0.6 is 15.9 Å². The predicted molar refractivity (Wildman–Crippen MR) is 106 cm³/mol. The highest BCUT2D eigenvalue weighted by molar-refractivity contribution is 9.10. The molecule has 0 unspecified atom stereocenters. The Morgan fingerprint density at radius 2 is 1.63 bits per heavy atom. The zero-order valence-electron chi connectivity index (χ0n) is 14.7. The smallest absolute Gasteiger partial charge is 0.273 e. The second-order valence-corrected chi connectivity index (χ2v) is 6.59. The van der Waals surface area contributed by atoms with Crippen molar-refractivity contribution in [3.05, 3.63) is 91.8 Å². The number of methoxy groups -OCH3 is 1. The molecule has 0 aliphatic carbocycles. The molecule has 0 atom stereocenters. The molecule has 0 saturated carbocycles. The van der Waals surface area contributed by atoms with E-state index in [0.29, 0.717) is 17.0 Å². The van der Waals surface area contributed by atoms with Gasteiger partial charge < -0.3 is 4.74 Å². The predicted octanol–water partition coefficient (Wildman–Crippen LogP) is 5.37. The van der Waals surface area contributed by atoms with Gasteiger partial charge in [0, 0.05) is 11.3 Å². The van der Waals surface area contributed by atoms with Crippen molar-refractivity contribution in [2.45, 2.75) is 6.92 Å². The van der Waals surface area contributed by atoms with Gasteiger partial charge in [-0.3, -0.25) is 9.36 Å². The first-order valence-electron chi connectivity index (χ1n) is 8.12. The average molecular weight is 432 g/mol. The summed E-state index contributed by atoms with van der Waals surface area (Å²) in [4.78, 5) is 12.8. The van der Waals surface area contributed by atoms with Crippen LogP contribution in [-0.2, 0) is 0 Å². The van der Waals surface area contributed by atoms with Crippen LogP contribution < -0.4 is 10.3 Å². The van der Waals surface area contributed by atoms with Crippen molar-refractivity contribution in [2.24, 2.45) is 0 Å². The van der Waals surface area contributed by atoms with E-state index in [1.54, 1.807) is 13.0 Å². The average Bonchev–Trinajstić information content (AvgIpc) is 2.66. The van der Waals surface area contributed by atoms with E-state index in [1.807, 2.05) is 36.4 Å². The number of halogens is 3. The third-order valence-corrected chi connectivity index (χ3v) is 4.87. The van der Waals surface area contributed by atoms with Gasteiger partial charge in [-0.2, -0.15) is 0 Å². The van der Waals surface area contributed by atoms with Crippen LogP contribution in [0.3, 0.4) is 0 Å². The first-order valence-corrected chi connectivity index (χ1v) is 8.91. The Bertz CT molecular complexity index is 1060. The van der Waals surface area contributed by atoms with Crippen LogP contribution in [-0.4, -0.2) is 11.7 Å². The normalized spacial score (nSPS) is 11.1. The minimum atomic E-state index is -0.824. The molecule has 0 spiro atoms.